The third-order valence-corrected chi connectivity index (χ3v) is 1.90. The summed E-state index contributed by atoms with van der Waals surface area (Å²) in [7, 11) is 0. The molecule has 0 aromatic carbocycles. The Morgan fingerprint density at radius 1 is 1.33 bits per heavy atom. The largest absolute Gasteiger partial charge is 0.477 e. The number of aromatic nitrogens is 2. The van der Waals surface area contributed by atoms with Crippen molar-refractivity contribution >= 4 is 5.82 Å². The number of nitrogen functional groups attached to an aromatic ring is 1. The van der Waals surface area contributed by atoms with Crippen LogP contribution < -0.4 is 16.0 Å². The second-order valence-electron chi connectivity index (χ2n) is 3.90. The van der Waals surface area contributed by atoms with E-state index in [1.165, 1.54) is 0 Å². The summed E-state index contributed by atoms with van der Waals surface area (Å²) >= 11 is 0. The van der Waals surface area contributed by atoms with Gasteiger partial charge in [0.05, 0.1) is 12.2 Å². The highest BCUT2D eigenvalue weighted by Crippen LogP contribution is 2.21. The number of hydrazine groups is 1. The summed E-state index contributed by atoms with van der Waals surface area (Å²) in [5.74, 6) is 7.67. The normalized spacial score (nSPS) is 10.5. The van der Waals surface area contributed by atoms with Gasteiger partial charge in [-0.3, -0.25) is 0 Å². The maximum absolute atomic E-state index is 5.57. The van der Waals surface area contributed by atoms with Crippen molar-refractivity contribution < 1.29 is 4.74 Å². The molecule has 0 fully saturated rings. The third-order valence-electron chi connectivity index (χ3n) is 1.90. The van der Waals surface area contributed by atoms with Gasteiger partial charge in [-0.15, -0.1) is 0 Å². The number of hydrogen-bond acceptors (Lipinski definition) is 5. The van der Waals surface area contributed by atoms with E-state index in [0.29, 0.717) is 30.0 Å². The molecule has 0 radical (unpaired) electrons. The van der Waals surface area contributed by atoms with Crippen LogP contribution in [0.3, 0.4) is 0 Å². The predicted molar refractivity (Wildman–Crippen MR) is 59.6 cm³/mol. The summed E-state index contributed by atoms with van der Waals surface area (Å²) < 4.78 is 5.57. The first-order valence-corrected chi connectivity index (χ1v) is 4.99. The molecule has 0 aliphatic heterocycles. The number of nitrogens with two attached hydrogens (primary N) is 1. The minimum atomic E-state index is 0.467. The monoisotopic (exact) mass is 210 g/mol. The van der Waals surface area contributed by atoms with Gasteiger partial charge in [0.15, 0.2) is 0 Å². The molecular weight excluding hydrogens is 192 g/mol. The van der Waals surface area contributed by atoms with E-state index in [-0.39, 0.29) is 0 Å². The lowest BCUT2D eigenvalue weighted by molar-refractivity contribution is 0.259. The molecule has 3 N–H and O–H groups in total. The van der Waals surface area contributed by atoms with Gasteiger partial charge in [-0.1, -0.05) is 13.8 Å². The number of anilines is 1. The van der Waals surface area contributed by atoms with Gasteiger partial charge in [0.25, 0.3) is 0 Å². The van der Waals surface area contributed by atoms with Crippen molar-refractivity contribution in [2.75, 3.05) is 12.0 Å². The quantitative estimate of drug-likeness (QED) is 0.580. The fourth-order valence-electron chi connectivity index (χ4n) is 1.13. The Hall–Kier alpha value is -1.36. The number of hydrogen-bond donors (Lipinski definition) is 2. The standard InChI is InChI=1S/C10H18N4O/c1-6(2)5-15-10-7(3)9(14-11)12-8(4)13-10/h6H,5,11H2,1-4H3,(H,12,13,14). The van der Waals surface area contributed by atoms with Crippen molar-refractivity contribution in [2.45, 2.75) is 27.7 Å². The van der Waals surface area contributed by atoms with Gasteiger partial charge in [0, 0.05) is 0 Å². The molecule has 1 aromatic rings. The molecule has 1 aromatic heterocycles. The molecule has 5 nitrogen and oxygen atoms in total. The van der Waals surface area contributed by atoms with Crippen molar-refractivity contribution in [2.24, 2.45) is 11.8 Å². The van der Waals surface area contributed by atoms with Crippen LogP contribution in [0.15, 0.2) is 0 Å². The van der Waals surface area contributed by atoms with Crippen LogP contribution in [0.1, 0.15) is 25.2 Å². The molecular formula is C10H18N4O. The van der Waals surface area contributed by atoms with E-state index in [2.05, 4.69) is 29.2 Å². The lowest BCUT2D eigenvalue weighted by atomic mass is 10.2. The van der Waals surface area contributed by atoms with Gasteiger partial charge in [-0.05, 0) is 19.8 Å². The molecule has 15 heavy (non-hydrogen) atoms. The van der Waals surface area contributed by atoms with Crippen LogP contribution in [0.5, 0.6) is 5.88 Å². The molecule has 0 amide bonds. The van der Waals surface area contributed by atoms with Crippen LogP contribution >= 0.6 is 0 Å². The maximum Gasteiger partial charge on any atom is 0.221 e. The Labute approximate surface area is 90.0 Å². The van der Waals surface area contributed by atoms with Gasteiger partial charge in [0.2, 0.25) is 5.88 Å². The van der Waals surface area contributed by atoms with Gasteiger partial charge in [-0.2, -0.15) is 4.98 Å². The first kappa shape index (κ1) is 11.7. The molecule has 84 valence electrons. The van der Waals surface area contributed by atoms with Gasteiger partial charge in [0.1, 0.15) is 11.6 Å². The fourth-order valence-corrected chi connectivity index (χ4v) is 1.13. The molecule has 1 heterocycles. The van der Waals surface area contributed by atoms with E-state index in [4.69, 9.17) is 10.6 Å². The predicted octanol–water partition coefficient (Wildman–Crippen LogP) is 1.41. The van der Waals surface area contributed by atoms with Crippen LogP contribution in [0, 0.1) is 19.8 Å². The van der Waals surface area contributed by atoms with Crippen molar-refractivity contribution in [3.8, 4) is 5.88 Å². The van der Waals surface area contributed by atoms with Crippen LogP contribution in [-0.4, -0.2) is 16.6 Å². The molecule has 0 aliphatic rings. The Kier molecular flexibility index (Phi) is 3.85. The molecule has 0 saturated heterocycles. The Morgan fingerprint density at radius 2 is 2.00 bits per heavy atom. The Bertz CT molecular complexity index is 338. The number of ether oxygens (including phenoxy) is 1. The zero-order chi connectivity index (χ0) is 11.4. The summed E-state index contributed by atoms with van der Waals surface area (Å²) in [6.45, 7) is 8.51. The highest BCUT2D eigenvalue weighted by Gasteiger charge is 2.09. The molecule has 0 spiro atoms. The van der Waals surface area contributed by atoms with Crippen molar-refractivity contribution in [3.63, 3.8) is 0 Å². The fraction of sp³-hybridized carbons (Fsp3) is 0.600. The number of aryl methyl sites for hydroxylation is 1. The summed E-state index contributed by atoms with van der Waals surface area (Å²) in [6.07, 6.45) is 0. The number of nitrogens with zero attached hydrogens (tertiary/aromatic N) is 2. The molecule has 0 saturated carbocycles. The number of rotatable bonds is 4. The molecule has 0 atom stereocenters. The lowest BCUT2D eigenvalue weighted by Crippen LogP contribution is -2.14. The molecule has 0 unspecified atom stereocenters. The highest BCUT2D eigenvalue weighted by atomic mass is 16.5. The molecule has 0 bridgehead atoms. The molecule has 5 heteroatoms. The smallest absolute Gasteiger partial charge is 0.221 e. The average Bonchev–Trinajstić information content (AvgIpc) is 2.18. The van der Waals surface area contributed by atoms with Crippen molar-refractivity contribution in [3.05, 3.63) is 11.4 Å². The average molecular weight is 210 g/mol. The van der Waals surface area contributed by atoms with Crippen LogP contribution in [0.25, 0.3) is 0 Å². The van der Waals surface area contributed by atoms with Crippen molar-refractivity contribution in [1.29, 1.82) is 0 Å². The van der Waals surface area contributed by atoms with E-state index in [1.807, 2.05) is 13.8 Å². The summed E-state index contributed by atoms with van der Waals surface area (Å²) in [6, 6.07) is 0. The van der Waals surface area contributed by atoms with E-state index in [0.717, 1.165) is 5.56 Å². The minimum Gasteiger partial charge on any atom is -0.477 e. The topological polar surface area (TPSA) is 73.1 Å². The van der Waals surface area contributed by atoms with Gasteiger partial charge < -0.3 is 10.2 Å². The zero-order valence-corrected chi connectivity index (χ0v) is 9.66. The number of nitrogens with one attached hydrogen (secondary N) is 1. The first-order chi connectivity index (χ1) is 7.04. The Balaban J connectivity index is 2.91. The third kappa shape index (κ3) is 3.06. The zero-order valence-electron chi connectivity index (χ0n) is 9.66. The second-order valence-corrected chi connectivity index (χ2v) is 3.90. The first-order valence-electron chi connectivity index (χ1n) is 4.99. The highest BCUT2D eigenvalue weighted by molar-refractivity contribution is 5.47. The minimum absolute atomic E-state index is 0.467. The Morgan fingerprint density at radius 3 is 2.53 bits per heavy atom. The van der Waals surface area contributed by atoms with Crippen LogP contribution in [0.2, 0.25) is 0 Å². The summed E-state index contributed by atoms with van der Waals surface area (Å²) in [4.78, 5) is 8.38. The van der Waals surface area contributed by atoms with E-state index in [9.17, 15) is 0 Å². The molecule has 0 aliphatic carbocycles. The van der Waals surface area contributed by atoms with E-state index in [1.54, 1.807) is 0 Å². The second kappa shape index (κ2) is 4.93. The van der Waals surface area contributed by atoms with Crippen LogP contribution in [-0.2, 0) is 0 Å². The van der Waals surface area contributed by atoms with Crippen molar-refractivity contribution in [1.82, 2.24) is 9.97 Å². The van der Waals surface area contributed by atoms with E-state index < -0.39 is 0 Å². The lowest BCUT2D eigenvalue weighted by Gasteiger charge is -2.12. The van der Waals surface area contributed by atoms with Gasteiger partial charge in [-0.25, -0.2) is 10.8 Å². The van der Waals surface area contributed by atoms with E-state index >= 15 is 0 Å². The SMILES string of the molecule is Cc1nc(NN)c(C)c(OCC(C)C)n1. The van der Waals surface area contributed by atoms with Gasteiger partial charge >= 0.3 is 0 Å². The van der Waals surface area contributed by atoms with Crippen LogP contribution in [0.4, 0.5) is 5.82 Å². The maximum atomic E-state index is 5.57. The molecule has 1 rings (SSSR count). The summed E-state index contributed by atoms with van der Waals surface area (Å²) in [5.41, 5.74) is 3.37. The summed E-state index contributed by atoms with van der Waals surface area (Å²) in [5, 5.41) is 0.